The molecule has 0 bridgehead atoms. The van der Waals surface area contributed by atoms with Gasteiger partial charge in [-0.1, -0.05) is 25.4 Å². The number of nitrogens with zero attached hydrogens (tertiary/aromatic N) is 2. The van der Waals surface area contributed by atoms with E-state index in [1.807, 2.05) is 4.90 Å². The van der Waals surface area contributed by atoms with E-state index in [0.717, 1.165) is 10.6 Å². The Labute approximate surface area is 263 Å². The summed E-state index contributed by atoms with van der Waals surface area (Å²) in [7, 11) is 0. The second kappa shape index (κ2) is 14.2. The predicted molar refractivity (Wildman–Crippen MR) is 164 cm³/mol. The van der Waals surface area contributed by atoms with Crippen molar-refractivity contribution in [2.24, 2.45) is 5.92 Å². The summed E-state index contributed by atoms with van der Waals surface area (Å²) in [4.78, 5) is 40.6. The number of aryl methyl sites for hydroxylation is 2. The summed E-state index contributed by atoms with van der Waals surface area (Å²) >= 11 is 6.26. The molecule has 0 saturated carbocycles. The number of carboxylic acid groups (broad SMARTS) is 1. The van der Waals surface area contributed by atoms with Crippen LogP contribution >= 0.6 is 11.6 Å². The lowest BCUT2D eigenvalue weighted by molar-refractivity contribution is -0.138. The second-order valence-corrected chi connectivity index (χ2v) is 12.5. The van der Waals surface area contributed by atoms with Gasteiger partial charge in [-0.2, -0.15) is 0 Å². The maximum atomic E-state index is 15.6. The molecule has 1 unspecified atom stereocenters. The molecular formula is C33H36ClF4N3O4. The Bertz CT molecular complexity index is 1630. The molecule has 1 aliphatic rings. The first-order valence-electron chi connectivity index (χ1n) is 14.7. The average Bonchev–Trinajstić information content (AvgIpc) is 2.91. The fraction of sp³-hybridized carbons (Fsp3) is 0.424. The van der Waals surface area contributed by atoms with Crippen LogP contribution in [-0.4, -0.2) is 52.3 Å². The van der Waals surface area contributed by atoms with Gasteiger partial charge in [-0.05, 0) is 90.8 Å². The summed E-state index contributed by atoms with van der Waals surface area (Å²) in [6, 6.07) is 3.72. The normalized spacial score (nSPS) is 15.2. The number of amides is 1. The highest BCUT2D eigenvalue weighted by molar-refractivity contribution is 6.31. The molecule has 4 rings (SSSR count). The Balaban J connectivity index is 1.72. The number of alkyl halides is 1. The molecule has 1 aromatic heterocycles. The monoisotopic (exact) mass is 649 g/mol. The minimum Gasteiger partial charge on any atom is -0.481 e. The first kappa shape index (κ1) is 34.2. The highest BCUT2D eigenvalue weighted by atomic mass is 35.5. The van der Waals surface area contributed by atoms with Crippen molar-refractivity contribution >= 4 is 23.5 Å². The van der Waals surface area contributed by atoms with E-state index in [1.165, 1.54) is 30.5 Å². The van der Waals surface area contributed by atoms with Crippen LogP contribution in [0.5, 0.6) is 0 Å². The number of benzene rings is 2. The highest BCUT2D eigenvalue weighted by Crippen LogP contribution is 2.36. The van der Waals surface area contributed by atoms with Crippen molar-refractivity contribution in [3.63, 3.8) is 0 Å². The van der Waals surface area contributed by atoms with Crippen LogP contribution in [-0.2, 0) is 16.0 Å². The van der Waals surface area contributed by atoms with Crippen molar-refractivity contribution in [3.8, 4) is 11.1 Å². The van der Waals surface area contributed by atoms with E-state index in [1.54, 1.807) is 27.7 Å². The number of nitrogens with one attached hydrogen (secondary N) is 1. The van der Waals surface area contributed by atoms with Crippen molar-refractivity contribution in [3.05, 3.63) is 91.6 Å². The van der Waals surface area contributed by atoms with E-state index in [9.17, 15) is 32.7 Å². The summed E-state index contributed by atoms with van der Waals surface area (Å²) < 4.78 is 58.6. The largest absolute Gasteiger partial charge is 0.481 e. The molecule has 7 nitrogen and oxygen atoms in total. The van der Waals surface area contributed by atoms with Gasteiger partial charge in [0.1, 0.15) is 23.8 Å². The number of carbonyl (C=O) groups is 2. The molecule has 1 aliphatic heterocycles. The van der Waals surface area contributed by atoms with Crippen LogP contribution in [0.2, 0.25) is 5.02 Å². The topological polar surface area (TPSA) is 91.6 Å². The van der Waals surface area contributed by atoms with Gasteiger partial charge in [0.25, 0.3) is 5.56 Å². The maximum absolute atomic E-state index is 15.6. The fourth-order valence-corrected chi connectivity index (χ4v) is 6.04. The Morgan fingerprint density at radius 3 is 2.29 bits per heavy atom. The third kappa shape index (κ3) is 8.12. The molecule has 1 saturated heterocycles. The van der Waals surface area contributed by atoms with Gasteiger partial charge in [-0.3, -0.25) is 19.3 Å². The van der Waals surface area contributed by atoms with Crippen molar-refractivity contribution in [1.29, 1.82) is 0 Å². The lowest BCUT2D eigenvalue weighted by atomic mass is 9.92. The fourth-order valence-electron chi connectivity index (χ4n) is 5.82. The van der Waals surface area contributed by atoms with Gasteiger partial charge in [-0.25, -0.2) is 17.6 Å². The van der Waals surface area contributed by atoms with Gasteiger partial charge in [0.2, 0.25) is 5.91 Å². The predicted octanol–water partition coefficient (Wildman–Crippen LogP) is 6.32. The molecule has 0 spiro atoms. The van der Waals surface area contributed by atoms with Crippen LogP contribution in [0.15, 0.2) is 41.3 Å². The first-order chi connectivity index (χ1) is 21.1. The average molecular weight is 650 g/mol. The van der Waals surface area contributed by atoms with Crippen molar-refractivity contribution in [2.75, 3.05) is 19.6 Å². The van der Waals surface area contributed by atoms with E-state index in [4.69, 9.17) is 11.6 Å². The molecule has 2 heterocycles. The molecule has 1 fully saturated rings. The third-order valence-corrected chi connectivity index (χ3v) is 8.21. The highest BCUT2D eigenvalue weighted by Gasteiger charge is 2.31. The molecule has 1 amide bonds. The zero-order valence-electron chi connectivity index (χ0n) is 25.5. The van der Waals surface area contributed by atoms with E-state index in [2.05, 4.69) is 5.32 Å². The number of hydrogen-bond donors (Lipinski definition) is 2. The Kier molecular flexibility index (Phi) is 10.8. The Morgan fingerprint density at radius 1 is 1.07 bits per heavy atom. The lowest BCUT2D eigenvalue weighted by Gasteiger charge is -2.34. The summed E-state index contributed by atoms with van der Waals surface area (Å²) in [5.41, 5.74) is 1.20. The SMILES string of the molecule is Cc1cc(F)cc(C)c1-c1cc(Cl)c(F)c([C@H](CC(=O)O)NC(=O)C(CC(C)C)n2cc(CCN3CC(F)C3)cc(F)c2=O)c1. The number of hydrogen-bond acceptors (Lipinski definition) is 4. The maximum Gasteiger partial charge on any atom is 0.305 e. The lowest BCUT2D eigenvalue weighted by Crippen LogP contribution is -2.49. The molecule has 12 heteroatoms. The van der Waals surface area contributed by atoms with Gasteiger partial charge in [0.15, 0.2) is 5.82 Å². The number of aromatic nitrogens is 1. The zero-order valence-corrected chi connectivity index (χ0v) is 26.2. The zero-order chi connectivity index (χ0) is 33.2. The Hall–Kier alpha value is -3.70. The number of carbonyl (C=O) groups excluding carboxylic acids is 1. The van der Waals surface area contributed by atoms with Gasteiger partial charge >= 0.3 is 5.97 Å². The molecule has 0 aliphatic carbocycles. The smallest absolute Gasteiger partial charge is 0.305 e. The molecule has 242 valence electrons. The summed E-state index contributed by atoms with van der Waals surface area (Å²) in [5, 5.41) is 12.0. The van der Waals surface area contributed by atoms with Crippen LogP contribution in [0.25, 0.3) is 11.1 Å². The van der Waals surface area contributed by atoms with Crippen LogP contribution in [0.3, 0.4) is 0 Å². The molecule has 2 N–H and O–H groups in total. The number of pyridine rings is 1. The summed E-state index contributed by atoms with van der Waals surface area (Å²) in [6.07, 6.45) is 0.140. The molecular weight excluding hydrogens is 614 g/mol. The molecule has 45 heavy (non-hydrogen) atoms. The molecule has 0 radical (unpaired) electrons. The van der Waals surface area contributed by atoms with Crippen LogP contribution in [0, 0.1) is 37.2 Å². The van der Waals surface area contributed by atoms with Crippen molar-refractivity contribution < 1.29 is 32.3 Å². The quantitative estimate of drug-likeness (QED) is 0.224. The van der Waals surface area contributed by atoms with Crippen molar-refractivity contribution in [1.82, 2.24) is 14.8 Å². The van der Waals surface area contributed by atoms with Gasteiger partial charge in [0, 0.05) is 31.4 Å². The Morgan fingerprint density at radius 2 is 1.71 bits per heavy atom. The number of halogens is 5. The van der Waals surface area contributed by atoms with Crippen LogP contribution in [0.4, 0.5) is 17.6 Å². The first-order valence-corrected chi connectivity index (χ1v) is 15.1. The number of rotatable bonds is 12. The third-order valence-electron chi connectivity index (χ3n) is 7.93. The number of carboxylic acids is 1. The van der Waals surface area contributed by atoms with Crippen molar-refractivity contribution in [2.45, 2.75) is 65.2 Å². The van der Waals surface area contributed by atoms with Crippen LogP contribution < -0.4 is 10.9 Å². The number of likely N-dealkylation sites (tertiary alicyclic amines) is 1. The van der Waals surface area contributed by atoms with E-state index < -0.39 is 59.6 Å². The number of aliphatic carboxylic acids is 1. The summed E-state index contributed by atoms with van der Waals surface area (Å²) in [6.45, 7) is 7.91. The summed E-state index contributed by atoms with van der Waals surface area (Å²) in [5.74, 6) is -4.79. The minimum absolute atomic E-state index is 0.0847. The van der Waals surface area contributed by atoms with E-state index in [-0.39, 0.29) is 36.0 Å². The van der Waals surface area contributed by atoms with Gasteiger partial charge in [-0.15, -0.1) is 0 Å². The van der Waals surface area contributed by atoms with Gasteiger partial charge < -0.3 is 15.0 Å². The molecule has 2 atom stereocenters. The standard InChI is InChI=1S/C33H36ClF4N3O4/c1-17(2)7-28(41-14-20(10-26(37)33(41)45)5-6-40-15-23(36)16-40)32(44)39-27(13-29(42)43)24-11-21(12-25(34)31(24)38)30-18(3)8-22(35)9-19(30)4/h8-12,14,17,23,27-28H,5-7,13,15-16H2,1-4H3,(H,39,44)(H,42,43)/t27-,28?/m0/s1. The second-order valence-electron chi connectivity index (χ2n) is 12.1. The van der Waals surface area contributed by atoms with Gasteiger partial charge in [0.05, 0.1) is 17.5 Å². The van der Waals surface area contributed by atoms with E-state index in [0.29, 0.717) is 40.8 Å². The minimum atomic E-state index is -1.42. The van der Waals surface area contributed by atoms with E-state index >= 15 is 4.39 Å². The van der Waals surface area contributed by atoms with Crippen LogP contribution in [0.1, 0.15) is 61.0 Å². The molecule has 2 aromatic carbocycles. The molecule has 3 aromatic rings.